The van der Waals surface area contributed by atoms with Gasteiger partial charge in [0.2, 0.25) is 11.8 Å². The molecule has 2 unspecified atom stereocenters. The number of hydrogen-bond donors (Lipinski definition) is 1. The van der Waals surface area contributed by atoms with Gasteiger partial charge in [-0.25, -0.2) is 9.78 Å². The van der Waals surface area contributed by atoms with Gasteiger partial charge in [-0.2, -0.15) is 0 Å². The van der Waals surface area contributed by atoms with Crippen LogP contribution in [0.2, 0.25) is 0 Å². The van der Waals surface area contributed by atoms with Crippen LogP contribution in [0.1, 0.15) is 28.8 Å². The van der Waals surface area contributed by atoms with E-state index < -0.39 is 5.97 Å². The average molecular weight is 412 g/mol. The lowest BCUT2D eigenvalue weighted by Crippen LogP contribution is -2.30. The Bertz CT molecular complexity index is 1250. The van der Waals surface area contributed by atoms with Gasteiger partial charge in [0.1, 0.15) is 0 Å². The van der Waals surface area contributed by atoms with Crippen molar-refractivity contribution < 1.29 is 19.5 Å². The predicted octanol–water partition coefficient (Wildman–Crippen LogP) is 4.36. The summed E-state index contributed by atoms with van der Waals surface area (Å²) in [6.45, 7) is 1.90. The third kappa shape index (κ3) is 3.03. The largest absolute Gasteiger partial charge is 0.478 e. The van der Waals surface area contributed by atoms with Crippen LogP contribution in [-0.2, 0) is 9.59 Å². The molecule has 2 aliphatic rings. The van der Waals surface area contributed by atoms with Gasteiger partial charge in [0, 0.05) is 10.9 Å². The van der Waals surface area contributed by atoms with E-state index >= 15 is 0 Å². The van der Waals surface area contributed by atoms with Crippen LogP contribution >= 0.6 is 0 Å². The highest BCUT2D eigenvalue weighted by molar-refractivity contribution is 6.22. The molecule has 1 N–H and O–H groups in total. The lowest BCUT2D eigenvalue weighted by Gasteiger charge is -2.15. The van der Waals surface area contributed by atoms with E-state index in [1.807, 2.05) is 31.2 Å². The summed E-state index contributed by atoms with van der Waals surface area (Å²) < 4.78 is 0. The van der Waals surface area contributed by atoms with Crippen molar-refractivity contribution in [1.82, 2.24) is 4.98 Å². The number of aromatic nitrogens is 1. The van der Waals surface area contributed by atoms with E-state index in [0.717, 1.165) is 11.1 Å². The maximum atomic E-state index is 12.8. The number of carbonyl (C=O) groups excluding carboxylic acids is 2. The topological polar surface area (TPSA) is 87.6 Å². The van der Waals surface area contributed by atoms with Gasteiger partial charge in [-0.1, -0.05) is 42.5 Å². The standard InChI is InChI=1S/C25H20N2O4/c1-14-5-4-8-17-20(25(30)31)13-21(26-22(14)17)15-9-11-16(12-10-15)27-23(28)18-6-2-3-7-19(18)24(27)29/h2-5,8-13,18-19H,6-7H2,1H3,(H,30,31). The number of hydrogen-bond acceptors (Lipinski definition) is 4. The number of carbonyl (C=O) groups is 3. The van der Waals surface area contributed by atoms with Crippen LogP contribution in [-0.4, -0.2) is 27.9 Å². The van der Waals surface area contributed by atoms with Crippen molar-refractivity contribution in [2.45, 2.75) is 19.8 Å². The van der Waals surface area contributed by atoms with E-state index in [4.69, 9.17) is 0 Å². The molecule has 0 bridgehead atoms. The van der Waals surface area contributed by atoms with Crippen LogP contribution in [0.4, 0.5) is 5.69 Å². The number of nitrogens with zero attached hydrogens (tertiary/aromatic N) is 2. The first-order valence-corrected chi connectivity index (χ1v) is 10.2. The molecule has 1 saturated heterocycles. The van der Waals surface area contributed by atoms with Gasteiger partial charge in [-0.15, -0.1) is 0 Å². The van der Waals surface area contributed by atoms with Gasteiger partial charge in [-0.05, 0) is 43.5 Å². The molecular weight excluding hydrogens is 392 g/mol. The fourth-order valence-corrected chi connectivity index (χ4v) is 4.55. The summed E-state index contributed by atoms with van der Waals surface area (Å²) in [4.78, 5) is 43.4. The summed E-state index contributed by atoms with van der Waals surface area (Å²) in [6.07, 6.45) is 5.13. The number of aryl methyl sites for hydroxylation is 1. The molecule has 0 saturated carbocycles. The fourth-order valence-electron chi connectivity index (χ4n) is 4.55. The van der Waals surface area contributed by atoms with Crippen LogP contribution in [0.15, 0.2) is 60.7 Å². The van der Waals surface area contributed by atoms with Gasteiger partial charge in [0.15, 0.2) is 0 Å². The SMILES string of the molecule is Cc1cccc2c(C(=O)O)cc(-c3ccc(N4C(=O)C5CC=CCC5C4=O)cc3)nc12. The van der Waals surface area contributed by atoms with Gasteiger partial charge in [-0.3, -0.25) is 14.5 Å². The van der Waals surface area contributed by atoms with Gasteiger partial charge >= 0.3 is 5.97 Å². The summed E-state index contributed by atoms with van der Waals surface area (Å²) in [5.74, 6) is -1.87. The highest BCUT2D eigenvalue weighted by Crippen LogP contribution is 2.38. The number of para-hydroxylation sites is 1. The van der Waals surface area contributed by atoms with Crippen LogP contribution in [0.5, 0.6) is 0 Å². The van der Waals surface area contributed by atoms with Crippen molar-refractivity contribution in [2.75, 3.05) is 4.90 Å². The van der Waals surface area contributed by atoms with Crippen molar-refractivity contribution in [3.05, 3.63) is 71.8 Å². The number of fused-ring (bicyclic) bond motifs is 2. The Morgan fingerprint density at radius 1 is 1.00 bits per heavy atom. The molecule has 2 aromatic carbocycles. The van der Waals surface area contributed by atoms with Crippen LogP contribution < -0.4 is 4.90 Å². The highest BCUT2D eigenvalue weighted by Gasteiger charge is 2.47. The molecule has 2 amide bonds. The second-order valence-electron chi connectivity index (χ2n) is 8.05. The maximum absolute atomic E-state index is 12.8. The zero-order chi connectivity index (χ0) is 21.7. The number of carboxylic acids is 1. The van der Waals surface area contributed by atoms with E-state index in [2.05, 4.69) is 4.98 Å². The molecule has 1 aliphatic heterocycles. The summed E-state index contributed by atoms with van der Waals surface area (Å²) in [5.41, 5.74) is 3.50. The quantitative estimate of drug-likeness (QED) is 0.510. The zero-order valence-electron chi connectivity index (χ0n) is 16.9. The first-order valence-electron chi connectivity index (χ1n) is 10.2. The Morgan fingerprint density at radius 3 is 2.26 bits per heavy atom. The number of amides is 2. The summed E-state index contributed by atoms with van der Waals surface area (Å²) in [7, 11) is 0. The van der Waals surface area contributed by atoms with Crippen molar-refractivity contribution >= 4 is 34.4 Å². The molecular formula is C25H20N2O4. The molecule has 154 valence electrons. The van der Waals surface area contributed by atoms with Gasteiger partial charge in [0.25, 0.3) is 0 Å². The van der Waals surface area contributed by atoms with E-state index in [-0.39, 0.29) is 29.2 Å². The predicted molar refractivity (Wildman–Crippen MR) is 117 cm³/mol. The summed E-state index contributed by atoms with van der Waals surface area (Å²) in [5, 5.41) is 10.3. The molecule has 6 heteroatoms. The molecule has 1 aliphatic carbocycles. The zero-order valence-corrected chi connectivity index (χ0v) is 16.9. The Hall–Kier alpha value is -3.80. The molecule has 6 nitrogen and oxygen atoms in total. The van der Waals surface area contributed by atoms with Crippen LogP contribution in [0.3, 0.4) is 0 Å². The Balaban J connectivity index is 1.53. The maximum Gasteiger partial charge on any atom is 0.336 e. The third-order valence-corrected chi connectivity index (χ3v) is 6.20. The van der Waals surface area contributed by atoms with Crippen molar-refractivity contribution in [3.63, 3.8) is 0 Å². The third-order valence-electron chi connectivity index (χ3n) is 6.20. The van der Waals surface area contributed by atoms with Gasteiger partial charge in [0.05, 0.1) is 34.3 Å². The van der Waals surface area contributed by atoms with Crippen molar-refractivity contribution in [2.24, 2.45) is 11.8 Å². The van der Waals surface area contributed by atoms with E-state index in [0.29, 0.717) is 35.1 Å². The smallest absolute Gasteiger partial charge is 0.336 e. The number of benzene rings is 2. The highest BCUT2D eigenvalue weighted by atomic mass is 16.4. The number of imide groups is 1. The van der Waals surface area contributed by atoms with E-state index in [1.54, 1.807) is 36.4 Å². The number of aromatic carboxylic acids is 1. The van der Waals surface area contributed by atoms with E-state index in [1.165, 1.54) is 4.90 Å². The normalized spacial score (nSPS) is 20.4. The number of carboxylic acid groups (broad SMARTS) is 1. The minimum atomic E-state index is -1.01. The molecule has 0 spiro atoms. The Morgan fingerprint density at radius 2 is 1.65 bits per heavy atom. The lowest BCUT2D eigenvalue weighted by atomic mass is 9.85. The summed E-state index contributed by atoms with van der Waals surface area (Å²) >= 11 is 0. The molecule has 2 atom stereocenters. The first-order chi connectivity index (χ1) is 15.0. The number of allylic oxidation sites excluding steroid dienone is 2. The van der Waals surface area contributed by atoms with Crippen molar-refractivity contribution in [1.29, 1.82) is 0 Å². The number of rotatable bonds is 3. The number of pyridine rings is 1. The summed E-state index contributed by atoms with van der Waals surface area (Å²) in [6, 6.07) is 14.0. The molecule has 31 heavy (non-hydrogen) atoms. The Kier molecular flexibility index (Phi) is 4.43. The lowest BCUT2D eigenvalue weighted by molar-refractivity contribution is -0.122. The van der Waals surface area contributed by atoms with Crippen LogP contribution in [0.25, 0.3) is 22.2 Å². The van der Waals surface area contributed by atoms with Gasteiger partial charge < -0.3 is 5.11 Å². The molecule has 2 heterocycles. The molecule has 5 rings (SSSR count). The second kappa shape index (κ2) is 7.16. The molecule has 0 radical (unpaired) electrons. The molecule has 1 aromatic heterocycles. The Labute approximate surface area is 178 Å². The van der Waals surface area contributed by atoms with E-state index in [9.17, 15) is 19.5 Å². The minimum Gasteiger partial charge on any atom is -0.478 e. The second-order valence-corrected chi connectivity index (χ2v) is 8.05. The van der Waals surface area contributed by atoms with Crippen LogP contribution in [0, 0.1) is 18.8 Å². The monoisotopic (exact) mass is 412 g/mol. The molecule has 3 aromatic rings. The minimum absolute atomic E-state index is 0.153. The average Bonchev–Trinajstić information content (AvgIpc) is 3.04. The first kappa shape index (κ1) is 19.2. The van der Waals surface area contributed by atoms with Crippen molar-refractivity contribution in [3.8, 4) is 11.3 Å². The molecule has 1 fully saturated rings. The number of anilines is 1. The fraction of sp³-hybridized carbons (Fsp3) is 0.200.